The molecule has 2 heteroatoms. The first-order valence-corrected chi connectivity index (χ1v) is 6.80. The van der Waals surface area contributed by atoms with Crippen LogP contribution in [-0.4, -0.2) is 24.0 Å². The van der Waals surface area contributed by atoms with Crippen LogP contribution in [0.5, 0.6) is 0 Å². The van der Waals surface area contributed by atoms with Gasteiger partial charge in [-0.05, 0) is 32.3 Å². The van der Waals surface area contributed by atoms with Crippen LogP contribution in [0.4, 0.5) is 0 Å². The van der Waals surface area contributed by atoms with Crippen molar-refractivity contribution in [3.05, 3.63) is 47.9 Å². The maximum Gasteiger partial charge on any atom is 0.0654 e. The van der Waals surface area contributed by atoms with Gasteiger partial charge in [-0.2, -0.15) is 0 Å². The Morgan fingerprint density at radius 2 is 2.22 bits per heavy atom. The van der Waals surface area contributed by atoms with E-state index in [0.29, 0.717) is 5.92 Å². The second kappa shape index (κ2) is 5.47. The van der Waals surface area contributed by atoms with Crippen molar-refractivity contribution in [1.82, 2.24) is 10.2 Å². The van der Waals surface area contributed by atoms with Gasteiger partial charge in [0.15, 0.2) is 0 Å². The van der Waals surface area contributed by atoms with E-state index < -0.39 is 0 Å². The number of nitrogens with zero attached hydrogens (tertiary/aromatic N) is 1. The van der Waals surface area contributed by atoms with E-state index in [1.165, 1.54) is 17.8 Å². The highest BCUT2D eigenvalue weighted by atomic mass is 15.2. The highest BCUT2D eigenvalue weighted by molar-refractivity contribution is 5.33. The van der Waals surface area contributed by atoms with Gasteiger partial charge in [0.2, 0.25) is 0 Å². The highest BCUT2D eigenvalue weighted by Crippen LogP contribution is 2.21. The summed E-state index contributed by atoms with van der Waals surface area (Å²) in [6.45, 7) is 12.7. The predicted molar refractivity (Wildman–Crippen MR) is 78.1 cm³/mol. The smallest absolute Gasteiger partial charge is 0.0654 e. The van der Waals surface area contributed by atoms with Crippen molar-refractivity contribution in [3.63, 3.8) is 0 Å². The summed E-state index contributed by atoms with van der Waals surface area (Å²) < 4.78 is 0. The molecule has 0 spiro atoms. The molecule has 2 aliphatic heterocycles. The molecule has 0 amide bonds. The quantitative estimate of drug-likeness (QED) is 0.750. The van der Waals surface area contributed by atoms with Crippen LogP contribution in [0.25, 0.3) is 0 Å². The van der Waals surface area contributed by atoms with Crippen molar-refractivity contribution >= 4 is 0 Å². The van der Waals surface area contributed by atoms with Crippen molar-refractivity contribution in [2.75, 3.05) is 13.1 Å². The third kappa shape index (κ3) is 2.87. The molecule has 0 bridgehead atoms. The van der Waals surface area contributed by atoms with Gasteiger partial charge in [0.1, 0.15) is 0 Å². The van der Waals surface area contributed by atoms with Gasteiger partial charge >= 0.3 is 0 Å². The molecule has 18 heavy (non-hydrogen) atoms. The largest absolute Gasteiger partial charge is 0.377 e. The summed E-state index contributed by atoms with van der Waals surface area (Å²) >= 11 is 0. The molecule has 0 aromatic rings. The first kappa shape index (κ1) is 13.0. The van der Waals surface area contributed by atoms with E-state index in [0.717, 1.165) is 18.7 Å². The van der Waals surface area contributed by atoms with E-state index in [9.17, 15) is 0 Å². The highest BCUT2D eigenvalue weighted by Gasteiger charge is 2.18. The summed E-state index contributed by atoms with van der Waals surface area (Å²) in [4.78, 5) is 2.45. The molecule has 2 nitrogen and oxygen atoms in total. The first-order valence-electron chi connectivity index (χ1n) is 6.80. The molecular weight excluding hydrogens is 220 g/mol. The fraction of sp³-hybridized carbons (Fsp3) is 0.500. The van der Waals surface area contributed by atoms with Crippen LogP contribution in [0.15, 0.2) is 47.9 Å². The van der Waals surface area contributed by atoms with Gasteiger partial charge < -0.3 is 10.2 Å². The molecule has 0 saturated carbocycles. The van der Waals surface area contributed by atoms with Crippen LogP contribution in [0.3, 0.4) is 0 Å². The molecule has 2 unspecified atom stereocenters. The fourth-order valence-electron chi connectivity index (χ4n) is 2.48. The monoisotopic (exact) mass is 244 g/mol. The third-order valence-corrected chi connectivity index (χ3v) is 3.72. The number of dihydropyridines is 1. The molecule has 0 fully saturated rings. The van der Waals surface area contributed by atoms with Gasteiger partial charge in [0, 0.05) is 18.8 Å². The topological polar surface area (TPSA) is 15.3 Å². The Kier molecular flexibility index (Phi) is 3.95. The Morgan fingerprint density at radius 1 is 1.44 bits per heavy atom. The predicted octanol–water partition coefficient (Wildman–Crippen LogP) is 3.22. The van der Waals surface area contributed by atoms with Gasteiger partial charge in [0.05, 0.1) is 11.7 Å². The molecule has 98 valence electrons. The number of rotatable bonds is 2. The van der Waals surface area contributed by atoms with E-state index in [-0.39, 0.29) is 6.04 Å². The number of nitrogens with one attached hydrogen (secondary N) is 1. The zero-order valence-corrected chi connectivity index (χ0v) is 11.7. The maximum atomic E-state index is 4.01. The molecule has 0 aromatic heterocycles. The lowest BCUT2D eigenvalue weighted by atomic mass is 10.0. The number of hydrogen-bond acceptors (Lipinski definition) is 2. The summed E-state index contributed by atoms with van der Waals surface area (Å²) in [5.74, 6) is 0.694. The third-order valence-electron chi connectivity index (χ3n) is 3.72. The van der Waals surface area contributed by atoms with Crippen LogP contribution in [0.2, 0.25) is 0 Å². The van der Waals surface area contributed by atoms with Gasteiger partial charge in [-0.3, -0.25) is 0 Å². The van der Waals surface area contributed by atoms with E-state index in [1.807, 2.05) is 0 Å². The van der Waals surface area contributed by atoms with Crippen molar-refractivity contribution in [2.24, 2.45) is 5.92 Å². The lowest BCUT2D eigenvalue weighted by Crippen LogP contribution is -2.34. The van der Waals surface area contributed by atoms with Crippen molar-refractivity contribution in [2.45, 2.75) is 33.2 Å². The van der Waals surface area contributed by atoms with Gasteiger partial charge in [-0.15, -0.1) is 0 Å². The summed E-state index contributed by atoms with van der Waals surface area (Å²) in [6.07, 6.45) is 10.3. The van der Waals surface area contributed by atoms with Crippen LogP contribution in [0, 0.1) is 5.92 Å². The average Bonchev–Trinajstić information content (AvgIpc) is 2.54. The Morgan fingerprint density at radius 3 is 2.89 bits per heavy atom. The molecule has 0 radical (unpaired) electrons. The molecule has 0 aliphatic carbocycles. The van der Waals surface area contributed by atoms with Gasteiger partial charge in [-0.1, -0.05) is 37.3 Å². The molecular formula is C16H24N2. The molecule has 1 N–H and O–H groups in total. The maximum absolute atomic E-state index is 4.01. The second-order valence-corrected chi connectivity index (χ2v) is 5.48. The van der Waals surface area contributed by atoms with Gasteiger partial charge in [0.25, 0.3) is 0 Å². The van der Waals surface area contributed by atoms with Crippen LogP contribution in [-0.2, 0) is 0 Å². The normalized spacial score (nSPS) is 28.1. The Labute approximate surface area is 111 Å². The second-order valence-electron chi connectivity index (χ2n) is 5.48. The average molecular weight is 244 g/mol. The van der Waals surface area contributed by atoms with Crippen molar-refractivity contribution in [3.8, 4) is 0 Å². The minimum atomic E-state index is 0.287. The lowest BCUT2D eigenvalue weighted by Gasteiger charge is -2.31. The SMILES string of the molecule is C=C(C)C1C=CC(N2CC=CC(C)CC2)=C(C)N1. The lowest BCUT2D eigenvalue weighted by molar-refractivity contribution is 0.368. The Balaban J connectivity index is 2.10. The molecule has 2 rings (SSSR count). The zero-order valence-electron chi connectivity index (χ0n) is 11.7. The van der Waals surface area contributed by atoms with E-state index in [1.54, 1.807) is 0 Å². The minimum absolute atomic E-state index is 0.287. The van der Waals surface area contributed by atoms with Crippen LogP contribution in [0.1, 0.15) is 27.2 Å². The molecule has 2 aliphatic rings. The summed E-state index contributed by atoms with van der Waals surface area (Å²) in [5.41, 5.74) is 3.74. The molecule has 2 atom stereocenters. The van der Waals surface area contributed by atoms with E-state index >= 15 is 0 Å². The van der Waals surface area contributed by atoms with Crippen LogP contribution >= 0.6 is 0 Å². The van der Waals surface area contributed by atoms with E-state index in [2.05, 4.69) is 61.9 Å². The van der Waals surface area contributed by atoms with Gasteiger partial charge in [-0.25, -0.2) is 0 Å². The molecule has 0 saturated heterocycles. The standard InChI is InChI=1S/C16H24N2/c1-12(2)15-7-8-16(14(4)17-15)18-10-5-6-13(3)9-11-18/h5-8,13,15,17H,1,9-11H2,2-4H3. The Hall–Kier alpha value is -1.44. The molecule has 0 aromatic carbocycles. The van der Waals surface area contributed by atoms with Crippen LogP contribution < -0.4 is 5.32 Å². The number of allylic oxidation sites excluding steroid dienone is 3. The molecule has 2 heterocycles. The summed E-state index contributed by atoms with van der Waals surface area (Å²) in [6, 6.07) is 0.287. The minimum Gasteiger partial charge on any atom is -0.377 e. The fourth-order valence-corrected chi connectivity index (χ4v) is 2.48. The summed E-state index contributed by atoms with van der Waals surface area (Å²) in [5, 5.41) is 3.52. The zero-order chi connectivity index (χ0) is 13.1. The summed E-state index contributed by atoms with van der Waals surface area (Å²) in [7, 11) is 0. The Bertz CT molecular complexity index is 415. The number of hydrogen-bond donors (Lipinski definition) is 1. The van der Waals surface area contributed by atoms with Crippen molar-refractivity contribution < 1.29 is 0 Å². The van der Waals surface area contributed by atoms with E-state index in [4.69, 9.17) is 0 Å². The first-order chi connectivity index (χ1) is 8.58. The van der Waals surface area contributed by atoms with Crippen molar-refractivity contribution in [1.29, 1.82) is 0 Å².